The van der Waals surface area contributed by atoms with Gasteiger partial charge in [0, 0.05) is 19.5 Å². The summed E-state index contributed by atoms with van der Waals surface area (Å²) in [6.07, 6.45) is 3.66. The van der Waals surface area contributed by atoms with E-state index >= 15 is 0 Å². The molecule has 3 N–H and O–H groups in total. The van der Waals surface area contributed by atoms with Gasteiger partial charge in [0.25, 0.3) is 10.0 Å². The largest absolute Gasteiger partial charge is 0.356 e. The monoisotopic (exact) mass is 453 g/mol. The molecule has 0 saturated carbocycles. The number of fused-ring (bicyclic) bond motifs is 1. The fourth-order valence-corrected chi connectivity index (χ4v) is 5.12. The third-order valence-corrected chi connectivity index (χ3v) is 7.14. The number of hydrogen-bond acceptors (Lipinski definition) is 4. The van der Waals surface area contributed by atoms with Gasteiger partial charge in [0.05, 0.1) is 10.6 Å². The number of hydrogen-bond donors (Lipinski definition) is 2. The number of para-hydroxylation sites is 1. The van der Waals surface area contributed by atoms with Crippen molar-refractivity contribution >= 4 is 32.4 Å². The quantitative estimate of drug-likeness (QED) is 0.405. The molecule has 0 fully saturated rings. The lowest BCUT2D eigenvalue weighted by Gasteiger charge is -2.25. The maximum Gasteiger partial charge on any atom is 0.264 e. The number of benzene rings is 3. The molecule has 0 unspecified atom stereocenters. The van der Waals surface area contributed by atoms with E-state index in [-0.39, 0.29) is 17.3 Å². The summed E-state index contributed by atoms with van der Waals surface area (Å²) >= 11 is 0. The van der Waals surface area contributed by atoms with Crippen LogP contribution in [-0.2, 0) is 14.8 Å². The second-order valence-corrected chi connectivity index (χ2v) is 9.59. The van der Waals surface area contributed by atoms with Gasteiger partial charge in [-0.2, -0.15) is 0 Å². The number of carbonyl (C=O) groups is 1. The van der Waals surface area contributed by atoms with Crippen LogP contribution in [0.3, 0.4) is 0 Å². The normalized spacial score (nSPS) is 11.4. The molecule has 0 heterocycles. The van der Waals surface area contributed by atoms with E-state index in [1.54, 1.807) is 24.3 Å². The lowest BCUT2D eigenvalue weighted by molar-refractivity contribution is -0.121. The van der Waals surface area contributed by atoms with Crippen molar-refractivity contribution in [2.24, 2.45) is 5.73 Å². The Kier molecular flexibility index (Phi) is 8.64. The Morgan fingerprint density at radius 3 is 2.31 bits per heavy atom. The summed E-state index contributed by atoms with van der Waals surface area (Å²) in [5.74, 6) is -0.00864. The van der Waals surface area contributed by atoms with Gasteiger partial charge in [0.1, 0.15) is 0 Å². The molecule has 3 aromatic carbocycles. The number of sulfonamides is 1. The van der Waals surface area contributed by atoms with Gasteiger partial charge < -0.3 is 11.1 Å². The molecule has 7 heteroatoms. The molecule has 3 aromatic rings. The molecular formula is C25H31N3O3S. The zero-order valence-corrected chi connectivity index (χ0v) is 19.1. The molecule has 3 rings (SSSR count). The first-order valence-electron chi connectivity index (χ1n) is 11.1. The fraction of sp³-hybridized carbons (Fsp3) is 0.320. The Bertz CT molecular complexity index is 1120. The van der Waals surface area contributed by atoms with Crippen LogP contribution in [0.5, 0.6) is 0 Å². The zero-order chi connectivity index (χ0) is 22.8. The number of amides is 1. The number of nitrogens with one attached hydrogen (secondary N) is 1. The number of carbonyl (C=O) groups excluding carboxylic acids is 1. The van der Waals surface area contributed by atoms with Crippen LogP contribution in [0.4, 0.5) is 5.69 Å². The van der Waals surface area contributed by atoms with E-state index in [1.165, 1.54) is 4.31 Å². The lowest BCUT2D eigenvalue weighted by atomic mass is 10.1. The highest BCUT2D eigenvalue weighted by Crippen LogP contribution is 2.26. The highest BCUT2D eigenvalue weighted by atomic mass is 32.2. The fourth-order valence-electron chi connectivity index (χ4n) is 3.58. The van der Waals surface area contributed by atoms with E-state index in [0.717, 1.165) is 30.0 Å². The van der Waals surface area contributed by atoms with Gasteiger partial charge in [-0.3, -0.25) is 9.10 Å². The van der Waals surface area contributed by atoms with Crippen molar-refractivity contribution in [2.45, 2.75) is 37.0 Å². The van der Waals surface area contributed by atoms with Gasteiger partial charge in [0.2, 0.25) is 5.91 Å². The van der Waals surface area contributed by atoms with Gasteiger partial charge in [-0.05, 0) is 60.8 Å². The molecule has 0 aliphatic carbocycles. The van der Waals surface area contributed by atoms with E-state index < -0.39 is 10.0 Å². The van der Waals surface area contributed by atoms with Crippen molar-refractivity contribution in [2.75, 3.05) is 23.9 Å². The maximum absolute atomic E-state index is 13.5. The Balaban J connectivity index is 1.69. The molecule has 0 aliphatic rings. The van der Waals surface area contributed by atoms with E-state index in [9.17, 15) is 13.2 Å². The summed E-state index contributed by atoms with van der Waals surface area (Å²) < 4.78 is 28.5. The zero-order valence-electron chi connectivity index (χ0n) is 18.2. The van der Waals surface area contributed by atoms with Gasteiger partial charge in [0.15, 0.2) is 0 Å². The standard InChI is InChI=1S/C25H31N3O3S/c26-17-8-2-5-14-25(29)27-18-9-19-28(23-12-3-1-4-13-23)32(30,31)24-16-15-21-10-6-7-11-22(21)20-24/h1,3-4,6-7,10-13,15-16,20H,2,5,8-9,14,17-19,26H2,(H,27,29). The minimum absolute atomic E-state index is 0.00864. The Labute approximate surface area is 190 Å². The first-order chi connectivity index (χ1) is 15.5. The Hall–Kier alpha value is -2.90. The smallest absolute Gasteiger partial charge is 0.264 e. The molecule has 0 atom stereocenters. The molecule has 6 nitrogen and oxygen atoms in total. The average Bonchev–Trinajstić information content (AvgIpc) is 2.82. The minimum Gasteiger partial charge on any atom is -0.356 e. The molecule has 0 bridgehead atoms. The molecule has 0 aliphatic heterocycles. The van der Waals surface area contributed by atoms with Crippen LogP contribution in [0, 0.1) is 0 Å². The third-order valence-electron chi connectivity index (χ3n) is 5.32. The Morgan fingerprint density at radius 1 is 0.844 bits per heavy atom. The molecule has 32 heavy (non-hydrogen) atoms. The number of nitrogens with zero attached hydrogens (tertiary/aromatic N) is 1. The number of nitrogens with two attached hydrogens (primary N) is 1. The second kappa shape index (κ2) is 11.6. The molecule has 0 spiro atoms. The summed E-state index contributed by atoms with van der Waals surface area (Å²) in [5, 5.41) is 4.76. The highest BCUT2D eigenvalue weighted by molar-refractivity contribution is 7.92. The van der Waals surface area contributed by atoms with Crippen molar-refractivity contribution in [1.29, 1.82) is 0 Å². The molecule has 170 valence electrons. The van der Waals surface area contributed by atoms with E-state index in [0.29, 0.717) is 31.6 Å². The van der Waals surface area contributed by atoms with Crippen molar-refractivity contribution in [3.8, 4) is 0 Å². The second-order valence-electron chi connectivity index (χ2n) is 7.72. The van der Waals surface area contributed by atoms with E-state index in [1.807, 2.05) is 48.5 Å². The predicted octanol–water partition coefficient (Wildman–Crippen LogP) is 4.06. The van der Waals surface area contributed by atoms with Crippen molar-refractivity contribution in [1.82, 2.24) is 5.32 Å². The maximum atomic E-state index is 13.5. The molecule has 0 saturated heterocycles. The summed E-state index contributed by atoms with van der Waals surface area (Å²) in [6, 6.07) is 22.0. The van der Waals surface area contributed by atoms with Crippen LogP contribution in [0.1, 0.15) is 32.1 Å². The van der Waals surface area contributed by atoms with Gasteiger partial charge in [-0.1, -0.05) is 55.0 Å². The average molecular weight is 454 g/mol. The topological polar surface area (TPSA) is 92.5 Å². The van der Waals surface area contributed by atoms with Crippen LogP contribution in [0.15, 0.2) is 77.7 Å². The predicted molar refractivity (Wildman–Crippen MR) is 130 cm³/mol. The summed E-state index contributed by atoms with van der Waals surface area (Å²) in [7, 11) is -3.76. The Morgan fingerprint density at radius 2 is 1.56 bits per heavy atom. The van der Waals surface area contributed by atoms with Gasteiger partial charge in [-0.25, -0.2) is 8.42 Å². The number of rotatable bonds is 12. The summed E-state index contributed by atoms with van der Waals surface area (Å²) in [5.41, 5.74) is 6.08. The van der Waals surface area contributed by atoms with Gasteiger partial charge in [-0.15, -0.1) is 0 Å². The SMILES string of the molecule is NCCCCCC(=O)NCCCN(c1ccccc1)S(=O)(=O)c1ccc2ccccc2c1. The van der Waals surface area contributed by atoms with E-state index in [4.69, 9.17) is 5.73 Å². The molecule has 1 amide bonds. The molecule has 0 aromatic heterocycles. The molecule has 0 radical (unpaired) electrons. The van der Waals surface area contributed by atoms with Crippen molar-refractivity contribution in [3.05, 3.63) is 72.8 Å². The van der Waals surface area contributed by atoms with Crippen LogP contribution >= 0.6 is 0 Å². The van der Waals surface area contributed by atoms with E-state index in [2.05, 4.69) is 5.32 Å². The van der Waals surface area contributed by atoms with Crippen LogP contribution in [0.25, 0.3) is 10.8 Å². The van der Waals surface area contributed by atoms with Crippen molar-refractivity contribution in [3.63, 3.8) is 0 Å². The van der Waals surface area contributed by atoms with Crippen LogP contribution < -0.4 is 15.4 Å². The van der Waals surface area contributed by atoms with Crippen molar-refractivity contribution < 1.29 is 13.2 Å². The first kappa shape index (κ1) is 23.8. The molecular weight excluding hydrogens is 422 g/mol. The summed E-state index contributed by atoms with van der Waals surface area (Å²) in [6.45, 7) is 1.33. The number of unbranched alkanes of at least 4 members (excludes halogenated alkanes) is 2. The third kappa shape index (κ3) is 6.31. The van der Waals surface area contributed by atoms with Crippen LogP contribution in [-0.4, -0.2) is 34.0 Å². The summed E-state index contributed by atoms with van der Waals surface area (Å²) in [4.78, 5) is 12.2. The highest BCUT2D eigenvalue weighted by Gasteiger charge is 2.24. The minimum atomic E-state index is -3.76. The number of anilines is 1. The first-order valence-corrected chi connectivity index (χ1v) is 12.5. The van der Waals surface area contributed by atoms with Gasteiger partial charge >= 0.3 is 0 Å². The van der Waals surface area contributed by atoms with Crippen LogP contribution in [0.2, 0.25) is 0 Å². The lowest BCUT2D eigenvalue weighted by Crippen LogP contribution is -2.34.